The van der Waals surface area contributed by atoms with Crippen molar-refractivity contribution in [3.05, 3.63) is 24.0 Å². The molecule has 5 nitrogen and oxygen atoms in total. The molecule has 116 valence electrons. The van der Waals surface area contributed by atoms with Gasteiger partial charge in [0.15, 0.2) is 0 Å². The Hall–Kier alpha value is -1.59. The molecule has 0 aliphatic rings. The zero-order valence-corrected chi connectivity index (χ0v) is 13.3. The molecule has 0 radical (unpaired) electrons. The highest BCUT2D eigenvalue weighted by Gasteiger charge is 2.20. The number of benzene rings is 1. The van der Waals surface area contributed by atoms with Gasteiger partial charge in [-0.1, -0.05) is 13.8 Å². The number of aliphatic hydroxyl groups excluding tert-OH is 1. The fourth-order valence-corrected chi connectivity index (χ4v) is 2.84. The minimum absolute atomic E-state index is 0.107. The molecular weight excluding hydrogens is 266 g/mol. The Kier molecular flexibility index (Phi) is 5.20. The fraction of sp³-hybridized carbons (Fsp3) is 0.562. The molecule has 0 spiro atoms. The van der Waals surface area contributed by atoms with Crippen LogP contribution in [0.5, 0.6) is 5.75 Å². The van der Waals surface area contributed by atoms with Crippen LogP contribution in [0.1, 0.15) is 32.6 Å². The summed E-state index contributed by atoms with van der Waals surface area (Å²) in [5.41, 5.74) is 1.95. The van der Waals surface area contributed by atoms with Gasteiger partial charge in [-0.3, -0.25) is 4.90 Å². The molecule has 0 aliphatic carbocycles. The molecule has 21 heavy (non-hydrogen) atoms. The van der Waals surface area contributed by atoms with E-state index in [0.29, 0.717) is 6.54 Å². The van der Waals surface area contributed by atoms with E-state index in [9.17, 15) is 5.11 Å². The van der Waals surface area contributed by atoms with Gasteiger partial charge in [-0.25, -0.2) is 4.98 Å². The van der Waals surface area contributed by atoms with Gasteiger partial charge in [-0.15, -0.1) is 0 Å². The maximum absolute atomic E-state index is 9.37. The van der Waals surface area contributed by atoms with E-state index in [-0.39, 0.29) is 12.6 Å². The van der Waals surface area contributed by atoms with Gasteiger partial charge < -0.3 is 14.4 Å². The maximum Gasteiger partial charge on any atom is 0.127 e. The first kappa shape index (κ1) is 15.8. The number of nitrogens with zero attached hydrogens (tertiary/aromatic N) is 3. The summed E-state index contributed by atoms with van der Waals surface area (Å²) in [5.74, 6) is 1.80. The van der Waals surface area contributed by atoms with Crippen molar-refractivity contribution in [3.8, 4) is 5.75 Å². The van der Waals surface area contributed by atoms with Crippen molar-refractivity contribution in [1.29, 1.82) is 0 Å². The highest BCUT2D eigenvalue weighted by Crippen LogP contribution is 2.27. The summed E-state index contributed by atoms with van der Waals surface area (Å²) >= 11 is 0. The summed E-state index contributed by atoms with van der Waals surface area (Å²) in [6, 6.07) is 6.10. The Morgan fingerprint density at radius 3 is 2.62 bits per heavy atom. The number of rotatable bonds is 7. The Bertz CT molecular complexity index is 590. The maximum atomic E-state index is 9.37. The Balaban J connectivity index is 2.52. The molecular formula is C16H25N3O2. The number of methoxy groups -OCH3 is 1. The van der Waals surface area contributed by atoms with Gasteiger partial charge in [0.2, 0.25) is 0 Å². The summed E-state index contributed by atoms with van der Waals surface area (Å²) in [6.45, 7) is 9.09. The van der Waals surface area contributed by atoms with Gasteiger partial charge in [0.25, 0.3) is 0 Å². The molecule has 0 fully saturated rings. The number of hydrogen-bond donors (Lipinski definition) is 1. The summed E-state index contributed by atoms with van der Waals surface area (Å²) in [6.07, 6.45) is 0. The second kappa shape index (κ2) is 6.91. The van der Waals surface area contributed by atoms with E-state index in [1.54, 1.807) is 7.11 Å². The van der Waals surface area contributed by atoms with Crippen LogP contribution in [0, 0.1) is 0 Å². The lowest BCUT2D eigenvalue weighted by Gasteiger charge is -2.26. The van der Waals surface area contributed by atoms with Gasteiger partial charge in [0.1, 0.15) is 11.6 Å². The predicted octanol–water partition coefficient (Wildman–Crippen LogP) is 2.44. The van der Waals surface area contributed by atoms with Crippen LogP contribution in [-0.4, -0.2) is 46.4 Å². The molecule has 1 aromatic heterocycles. The van der Waals surface area contributed by atoms with Crippen molar-refractivity contribution in [3.63, 3.8) is 0 Å². The van der Waals surface area contributed by atoms with E-state index in [4.69, 9.17) is 9.72 Å². The van der Waals surface area contributed by atoms with Gasteiger partial charge >= 0.3 is 0 Å². The topological polar surface area (TPSA) is 50.5 Å². The first-order chi connectivity index (χ1) is 10.2. The molecule has 0 saturated heterocycles. The van der Waals surface area contributed by atoms with Gasteiger partial charge in [0.05, 0.1) is 30.8 Å². The van der Waals surface area contributed by atoms with Crippen molar-refractivity contribution in [1.82, 2.24) is 14.5 Å². The van der Waals surface area contributed by atoms with E-state index in [1.807, 2.05) is 18.2 Å². The Morgan fingerprint density at radius 1 is 1.33 bits per heavy atom. The third kappa shape index (κ3) is 3.04. The lowest BCUT2D eigenvalue weighted by molar-refractivity contribution is 0.216. The Morgan fingerprint density at radius 2 is 2.05 bits per heavy atom. The molecule has 0 amide bonds. The molecule has 1 N–H and O–H groups in total. The molecule has 0 aliphatic heterocycles. The number of aromatic nitrogens is 2. The third-order valence-corrected chi connectivity index (χ3v) is 4.04. The predicted molar refractivity (Wildman–Crippen MR) is 84.7 cm³/mol. The summed E-state index contributed by atoms with van der Waals surface area (Å²) in [4.78, 5) is 7.14. The average molecular weight is 291 g/mol. The van der Waals surface area contributed by atoms with Crippen molar-refractivity contribution in [2.45, 2.75) is 33.4 Å². The molecule has 1 atom stereocenters. The monoisotopic (exact) mass is 291 g/mol. The van der Waals surface area contributed by atoms with E-state index in [0.717, 1.165) is 35.7 Å². The van der Waals surface area contributed by atoms with Crippen molar-refractivity contribution < 1.29 is 9.84 Å². The molecule has 1 aromatic carbocycles. The molecule has 0 saturated carbocycles. The quantitative estimate of drug-likeness (QED) is 0.851. The van der Waals surface area contributed by atoms with Crippen LogP contribution >= 0.6 is 0 Å². The lowest BCUT2D eigenvalue weighted by atomic mass is 10.2. The van der Waals surface area contributed by atoms with Gasteiger partial charge in [-0.2, -0.15) is 0 Å². The van der Waals surface area contributed by atoms with E-state index >= 15 is 0 Å². The molecule has 0 bridgehead atoms. The van der Waals surface area contributed by atoms with Gasteiger partial charge in [0, 0.05) is 12.6 Å². The zero-order valence-electron chi connectivity index (χ0n) is 13.3. The largest absolute Gasteiger partial charge is 0.497 e. The van der Waals surface area contributed by atoms with Crippen LogP contribution < -0.4 is 4.74 Å². The SMILES string of the molecule is CCN(CC)C(C)c1nc2cc(OC)ccc2n1CCO. The summed E-state index contributed by atoms with van der Waals surface area (Å²) in [7, 11) is 1.66. The Labute approximate surface area is 126 Å². The van der Waals surface area contributed by atoms with Crippen molar-refractivity contribution >= 4 is 11.0 Å². The van der Waals surface area contributed by atoms with Crippen LogP contribution in [0.3, 0.4) is 0 Å². The van der Waals surface area contributed by atoms with Crippen LogP contribution in [0.4, 0.5) is 0 Å². The summed E-state index contributed by atoms with van der Waals surface area (Å²) in [5, 5.41) is 9.37. The molecule has 1 heterocycles. The second-order valence-corrected chi connectivity index (χ2v) is 5.10. The number of ether oxygens (including phenoxy) is 1. The number of fused-ring (bicyclic) bond motifs is 1. The molecule has 1 unspecified atom stereocenters. The van der Waals surface area contributed by atoms with E-state index in [1.165, 1.54) is 0 Å². The van der Waals surface area contributed by atoms with Crippen LogP contribution in [0.2, 0.25) is 0 Å². The molecule has 2 rings (SSSR count). The van der Waals surface area contributed by atoms with Crippen LogP contribution in [-0.2, 0) is 6.54 Å². The highest BCUT2D eigenvalue weighted by atomic mass is 16.5. The van der Waals surface area contributed by atoms with Crippen molar-refractivity contribution in [2.75, 3.05) is 26.8 Å². The average Bonchev–Trinajstić information content (AvgIpc) is 2.86. The van der Waals surface area contributed by atoms with E-state index in [2.05, 4.69) is 30.2 Å². The van der Waals surface area contributed by atoms with Gasteiger partial charge in [-0.05, 0) is 32.1 Å². The van der Waals surface area contributed by atoms with Crippen LogP contribution in [0.25, 0.3) is 11.0 Å². The first-order valence-electron chi connectivity index (χ1n) is 7.55. The minimum Gasteiger partial charge on any atom is -0.497 e. The third-order valence-electron chi connectivity index (χ3n) is 4.04. The second-order valence-electron chi connectivity index (χ2n) is 5.10. The molecule has 2 aromatic rings. The smallest absolute Gasteiger partial charge is 0.127 e. The number of imidazole rings is 1. The number of hydrogen-bond acceptors (Lipinski definition) is 4. The minimum atomic E-state index is 0.107. The number of aliphatic hydroxyl groups is 1. The fourth-order valence-electron chi connectivity index (χ4n) is 2.84. The summed E-state index contributed by atoms with van der Waals surface area (Å²) < 4.78 is 7.38. The lowest BCUT2D eigenvalue weighted by Crippen LogP contribution is -2.28. The van der Waals surface area contributed by atoms with Crippen molar-refractivity contribution in [2.24, 2.45) is 0 Å². The molecule has 5 heteroatoms. The van der Waals surface area contributed by atoms with Crippen LogP contribution in [0.15, 0.2) is 18.2 Å². The first-order valence-corrected chi connectivity index (χ1v) is 7.55. The standard InChI is InChI=1S/C16H25N3O2/c1-5-18(6-2)12(3)16-17-14-11-13(21-4)7-8-15(14)19(16)9-10-20/h7-8,11-12,20H,5-6,9-10H2,1-4H3. The highest BCUT2D eigenvalue weighted by molar-refractivity contribution is 5.78. The normalized spacial score (nSPS) is 13.0. The zero-order chi connectivity index (χ0) is 15.4. The van der Waals surface area contributed by atoms with E-state index < -0.39 is 0 Å².